The minimum absolute atomic E-state index is 0.0172. The fraction of sp³-hybridized carbons (Fsp3) is 0.870. The van der Waals surface area contributed by atoms with Crippen LogP contribution in [0.4, 0.5) is 0 Å². The van der Waals surface area contributed by atoms with Gasteiger partial charge in [0.05, 0.1) is 13.0 Å². The van der Waals surface area contributed by atoms with E-state index >= 15 is 0 Å². The number of nitrogens with one attached hydrogen (secondary N) is 1. The average Bonchev–Trinajstić information content (AvgIpc) is 3.07. The van der Waals surface area contributed by atoms with Crippen LogP contribution in [0.25, 0.3) is 0 Å². The van der Waals surface area contributed by atoms with Gasteiger partial charge in [-0.25, -0.2) is 0 Å². The third-order valence-corrected chi connectivity index (χ3v) is 5.33. The van der Waals surface area contributed by atoms with Gasteiger partial charge >= 0.3 is 5.97 Å². The summed E-state index contributed by atoms with van der Waals surface area (Å²) in [6.07, 6.45) is 10.3. The smallest absolute Gasteiger partial charge is 0.307 e. The monoisotopic (exact) mass is 407 g/mol. The number of carbonyl (C=O) groups excluding carboxylic acids is 1. The van der Waals surface area contributed by atoms with Gasteiger partial charge in [-0.1, -0.05) is 50.1 Å². The Bertz CT molecular complexity index is 622. The highest BCUT2D eigenvalue weighted by Gasteiger charge is 2.26. The molecule has 1 heterocycles. The van der Waals surface area contributed by atoms with Crippen LogP contribution in [0.1, 0.15) is 117 Å². The van der Waals surface area contributed by atoms with Crippen LogP contribution in [0, 0.1) is 5.92 Å². The quantitative estimate of drug-likeness (QED) is 0.543. The van der Waals surface area contributed by atoms with Gasteiger partial charge in [-0.15, -0.1) is 0 Å². The van der Waals surface area contributed by atoms with Crippen LogP contribution in [0.15, 0.2) is 4.52 Å². The molecule has 1 aliphatic rings. The number of hydrogen-bond donors (Lipinski definition) is 1. The number of aromatic nitrogens is 2. The summed E-state index contributed by atoms with van der Waals surface area (Å²) in [6, 6.07) is 0. The second-order valence-electron chi connectivity index (χ2n) is 10.6. The van der Waals surface area contributed by atoms with E-state index in [1.807, 2.05) is 20.8 Å². The van der Waals surface area contributed by atoms with Crippen LogP contribution in [-0.2, 0) is 16.1 Å². The minimum atomic E-state index is -0.486. The average molecular weight is 408 g/mol. The van der Waals surface area contributed by atoms with Crippen molar-refractivity contribution < 1.29 is 14.1 Å². The van der Waals surface area contributed by atoms with Crippen molar-refractivity contribution in [1.82, 2.24) is 15.5 Å². The summed E-state index contributed by atoms with van der Waals surface area (Å²) in [5.41, 5.74) is -0.503. The first-order chi connectivity index (χ1) is 13.5. The molecule has 0 aliphatic heterocycles. The Labute approximate surface area is 176 Å². The molecule has 6 heteroatoms. The molecule has 1 atom stereocenters. The lowest BCUT2D eigenvalue weighted by atomic mass is 9.84. The third-order valence-electron chi connectivity index (χ3n) is 5.33. The van der Waals surface area contributed by atoms with Gasteiger partial charge in [0, 0.05) is 11.5 Å². The molecule has 2 rings (SSSR count). The number of carbonyl (C=O) groups is 1. The van der Waals surface area contributed by atoms with Gasteiger partial charge in [-0.2, -0.15) is 4.98 Å². The zero-order chi connectivity index (χ0) is 21.5. The fourth-order valence-electron chi connectivity index (χ4n) is 3.88. The van der Waals surface area contributed by atoms with Crippen LogP contribution in [-0.4, -0.2) is 27.2 Å². The van der Waals surface area contributed by atoms with Gasteiger partial charge in [0.25, 0.3) is 0 Å². The number of nitrogens with zero attached hydrogens (tertiary/aromatic N) is 2. The van der Waals surface area contributed by atoms with Crippen molar-refractivity contribution in [3.8, 4) is 0 Å². The lowest BCUT2D eigenvalue weighted by molar-refractivity contribution is -0.155. The molecule has 29 heavy (non-hydrogen) atoms. The van der Waals surface area contributed by atoms with Crippen molar-refractivity contribution in [3.05, 3.63) is 11.7 Å². The van der Waals surface area contributed by atoms with Crippen molar-refractivity contribution in [2.75, 3.05) is 0 Å². The molecule has 1 aromatic rings. The molecule has 1 unspecified atom stereocenters. The van der Waals surface area contributed by atoms with E-state index < -0.39 is 5.60 Å². The maximum Gasteiger partial charge on any atom is 0.307 e. The highest BCUT2D eigenvalue weighted by atomic mass is 16.6. The number of rotatable bonds is 9. The van der Waals surface area contributed by atoms with Gasteiger partial charge in [0.1, 0.15) is 5.60 Å². The Balaban J connectivity index is 1.97. The van der Waals surface area contributed by atoms with E-state index in [0.717, 1.165) is 18.8 Å². The molecular formula is C23H41N3O3. The Morgan fingerprint density at radius 3 is 2.48 bits per heavy atom. The SMILES string of the molecule is CC(C)(C)NCc1noc(C(CCCC2CCCCC2)CC(=O)OC(C)(C)C)n1. The van der Waals surface area contributed by atoms with E-state index in [2.05, 4.69) is 36.2 Å². The number of hydrogen-bond acceptors (Lipinski definition) is 6. The maximum atomic E-state index is 12.4. The molecule has 1 aliphatic carbocycles. The van der Waals surface area contributed by atoms with Crippen LogP contribution < -0.4 is 5.32 Å². The maximum absolute atomic E-state index is 12.4. The molecule has 1 fully saturated rings. The summed E-state index contributed by atoms with van der Waals surface area (Å²) in [7, 11) is 0. The lowest BCUT2D eigenvalue weighted by Gasteiger charge is -2.23. The predicted molar refractivity (Wildman–Crippen MR) is 115 cm³/mol. The van der Waals surface area contributed by atoms with Crippen molar-refractivity contribution in [1.29, 1.82) is 0 Å². The molecule has 166 valence electrons. The van der Waals surface area contributed by atoms with Crippen molar-refractivity contribution >= 4 is 5.97 Å². The van der Waals surface area contributed by atoms with Crippen molar-refractivity contribution in [3.63, 3.8) is 0 Å². The molecule has 6 nitrogen and oxygen atoms in total. The van der Waals surface area contributed by atoms with E-state index in [9.17, 15) is 4.79 Å². The van der Waals surface area contributed by atoms with Crippen LogP contribution in [0.2, 0.25) is 0 Å². The molecule has 0 saturated heterocycles. The largest absolute Gasteiger partial charge is 0.460 e. The summed E-state index contributed by atoms with van der Waals surface area (Å²) >= 11 is 0. The molecule has 0 bridgehead atoms. The van der Waals surface area contributed by atoms with Gasteiger partial charge in [0.2, 0.25) is 5.89 Å². The fourth-order valence-corrected chi connectivity index (χ4v) is 3.88. The van der Waals surface area contributed by atoms with Crippen molar-refractivity contribution in [2.24, 2.45) is 5.92 Å². The van der Waals surface area contributed by atoms with E-state index in [1.54, 1.807) is 0 Å². The van der Waals surface area contributed by atoms with E-state index in [4.69, 9.17) is 9.26 Å². The van der Waals surface area contributed by atoms with E-state index in [1.165, 1.54) is 38.5 Å². The molecule has 1 N–H and O–H groups in total. The second-order valence-corrected chi connectivity index (χ2v) is 10.6. The molecule has 0 amide bonds. The van der Waals surface area contributed by atoms with Crippen molar-refractivity contribution in [2.45, 2.75) is 123 Å². The first-order valence-corrected chi connectivity index (χ1v) is 11.3. The third kappa shape index (κ3) is 9.75. The molecule has 1 aromatic heterocycles. The van der Waals surface area contributed by atoms with Crippen LogP contribution in [0.3, 0.4) is 0 Å². The first-order valence-electron chi connectivity index (χ1n) is 11.3. The molecular weight excluding hydrogens is 366 g/mol. The normalized spacial score (nSPS) is 17.3. The summed E-state index contributed by atoms with van der Waals surface area (Å²) in [6.45, 7) is 12.5. The Kier molecular flexibility index (Phi) is 8.68. The Hall–Kier alpha value is -1.43. The first kappa shape index (κ1) is 23.8. The topological polar surface area (TPSA) is 77.2 Å². The zero-order valence-electron chi connectivity index (χ0n) is 19.3. The zero-order valence-corrected chi connectivity index (χ0v) is 19.3. The summed E-state index contributed by atoms with van der Waals surface area (Å²) in [5, 5.41) is 7.49. The lowest BCUT2D eigenvalue weighted by Crippen LogP contribution is -2.35. The molecule has 0 radical (unpaired) electrons. The highest BCUT2D eigenvalue weighted by molar-refractivity contribution is 5.70. The standard InChI is InChI=1S/C23H41N3O3/c1-22(2,3)24-16-19-25-21(29-26-19)18(15-20(27)28-23(4,5)6)14-10-13-17-11-8-7-9-12-17/h17-18,24H,7-16H2,1-6H3. The summed E-state index contributed by atoms with van der Waals surface area (Å²) in [5.74, 6) is 1.75. The Morgan fingerprint density at radius 1 is 1.17 bits per heavy atom. The van der Waals surface area contributed by atoms with E-state index in [-0.39, 0.29) is 23.8 Å². The minimum Gasteiger partial charge on any atom is -0.460 e. The van der Waals surface area contributed by atoms with Gasteiger partial charge < -0.3 is 14.6 Å². The number of esters is 1. The van der Waals surface area contributed by atoms with Gasteiger partial charge in [-0.05, 0) is 53.9 Å². The second kappa shape index (κ2) is 10.6. The highest BCUT2D eigenvalue weighted by Crippen LogP contribution is 2.31. The number of ether oxygens (including phenoxy) is 1. The molecule has 0 aromatic carbocycles. The Morgan fingerprint density at radius 2 is 1.86 bits per heavy atom. The molecule has 1 saturated carbocycles. The van der Waals surface area contributed by atoms with Crippen LogP contribution >= 0.6 is 0 Å². The predicted octanol–water partition coefficient (Wildman–Crippen LogP) is 5.52. The van der Waals surface area contributed by atoms with Crippen LogP contribution in [0.5, 0.6) is 0 Å². The van der Waals surface area contributed by atoms with Gasteiger partial charge in [0.15, 0.2) is 5.82 Å². The molecule has 0 spiro atoms. The summed E-state index contributed by atoms with van der Waals surface area (Å²) in [4.78, 5) is 17.0. The van der Waals surface area contributed by atoms with E-state index in [0.29, 0.717) is 18.3 Å². The summed E-state index contributed by atoms with van der Waals surface area (Å²) < 4.78 is 11.1. The van der Waals surface area contributed by atoms with Gasteiger partial charge in [-0.3, -0.25) is 4.79 Å².